The van der Waals surface area contributed by atoms with E-state index in [4.69, 9.17) is 11.6 Å². The van der Waals surface area contributed by atoms with Gasteiger partial charge in [-0.2, -0.15) is 0 Å². The third-order valence-electron chi connectivity index (χ3n) is 4.62. The molecule has 1 heterocycles. The summed E-state index contributed by atoms with van der Waals surface area (Å²) in [7, 11) is 0. The smallest absolute Gasteiger partial charge is 0.252 e. The predicted octanol–water partition coefficient (Wildman–Crippen LogP) is 4.23. The highest BCUT2D eigenvalue weighted by Gasteiger charge is 2.25. The van der Waals surface area contributed by atoms with Gasteiger partial charge in [-0.1, -0.05) is 43.6 Å². The van der Waals surface area contributed by atoms with Crippen molar-refractivity contribution < 1.29 is 9.59 Å². The lowest BCUT2D eigenvalue weighted by Gasteiger charge is -2.22. The summed E-state index contributed by atoms with van der Waals surface area (Å²) in [5.41, 5.74) is 2.73. The summed E-state index contributed by atoms with van der Waals surface area (Å²) in [6, 6.07) is 11.8. The predicted molar refractivity (Wildman–Crippen MR) is 114 cm³/mol. The van der Waals surface area contributed by atoms with Crippen LogP contribution in [0.25, 0.3) is 5.69 Å². The van der Waals surface area contributed by atoms with Crippen LogP contribution in [0.3, 0.4) is 0 Å². The van der Waals surface area contributed by atoms with E-state index in [0.29, 0.717) is 16.3 Å². The summed E-state index contributed by atoms with van der Waals surface area (Å²) in [4.78, 5) is 29.5. The van der Waals surface area contributed by atoms with Crippen LogP contribution in [-0.2, 0) is 4.79 Å². The summed E-state index contributed by atoms with van der Waals surface area (Å²) in [6.45, 7) is 5.64. The normalized spacial score (nSPS) is 11.9. The Morgan fingerprint density at radius 1 is 1.14 bits per heavy atom. The Morgan fingerprint density at radius 2 is 1.90 bits per heavy atom. The van der Waals surface area contributed by atoms with E-state index in [0.717, 1.165) is 11.3 Å². The van der Waals surface area contributed by atoms with E-state index >= 15 is 0 Å². The van der Waals surface area contributed by atoms with E-state index in [2.05, 4.69) is 15.6 Å². The first-order valence-electron chi connectivity index (χ1n) is 9.32. The summed E-state index contributed by atoms with van der Waals surface area (Å²) in [5.74, 6) is -0.664. The number of imidazole rings is 1. The topological polar surface area (TPSA) is 76.0 Å². The average molecular weight is 411 g/mol. The van der Waals surface area contributed by atoms with Gasteiger partial charge in [-0.25, -0.2) is 4.98 Å². The number of nitrogens with one attached hydrogen (secondary N) is 2. The molecule has 0 aliphatic rings. The van der Waals surface area contributed by atoms with Gasteiger partial charge in [0, 0.05) is 23.6 Å². The molecule has 0 spiro atoms. The molecule has 1 atom stereocenters. The number of hydrogen-bond acceptors (Lipinski definition) is 3. The molecule has 0 bridgehead atoms. The molecule has 2 N–H and O–H groups in total. The molecule has 6 nitrogen and oxygen atoms in total. The third-order valence-corrected chi connectivity index (χ3v) is 4.93. The van der Waals surface area contributed by atoms with Crippen molar-refractivity contribution in [1.82, 2.24) is 14.9 Å². The first-order chi connectivity index (χ1) is 13.9. The number of aryl methyl sites for hydroxylation is 1. The molecule has 1 unspecified atom stereocenters. The minimum atomic E-state index is -0.686. The summed E-state index contributed by atoms with van der Waals surface area (Å²) >= 11 is 6.36. The van der Waals surface area contributed by atoms with E-state index in [1.54, 1.807) is 53.6 Å². The van der Waals surface area contributed by atoms with Crippen molar-refractivity contribution in [3.8, 4) is 5.69 Å². The fourth-order valence-corrected chi connectivity index (χ4v) is 3.28. The largest absolute Gasteiger partial charge is 0.340 e. The van der Waals surface area contributed by atoms with Gasteiger partial charge in [-0.3, -0.25) is 9.59 Å². The van der Waals surface area contributed by atoms with Gasteiger partial charge in [0.05, 0.1) is 17.0 Å². The molecule has 0 aliphatic carbocycles. The molecule has 3 rings (SSSR count). The van der Waals surface area contributed by atoms with Gasteiger partial charge in [0.1, 0.15) is 6.04 Å². The van der Waals surface area contributed by atoms with Gasteiger partial charge >= 0.3 is 0 Å². The molecular formula is C22H23ClN4O2. The Kier molecular flexibility index (Phi) is 6.34. The summed E-state index contributed by atoms with van der Waals surface area (Å²) < 4.78 is 1.78. The van der Waals surface area contributed by atoms with Crippen LogP contribution >= 0.6 is 11.6 Å². The van der Waals surface area contributed by atoms with Crippen LogP contribution in [0.2, 0.25) is 5.02 Å². The van der Waals surface area contributed by atoms with Crippen molar-refractivity contribution in [1.29, 1.82) is 0 Å². The van der Waals surface area contributed by atoms with Gasteiger partial charge in [0.2, 0.25) is 5.91 Å². The fraction of sp³-hybridized carbons (Fsp3) is 0.227. The number of nitrogens with zero attached hydrogens (tertiary/aromatic N) is 2. The number of amides is 2. The molecule has 2 amide bonds. The zero-order chi connectivity index (χ0) is 21.0. The molecule has 0 saturated heterocycles. The molecule has 29 heavy (non-hydrogen) atoms. The average Bonchev–Trinajstić information content (AvgIpc) is 3.20. The van der Waals surface area contributed by atoms with E-state index < -0.39 is 6.04 Å². The van der Waals surface area contributed by atoms with Gasteiger partial charge < -0.3 is 15.2 Å². The Balaban J connectivity index is 1.74. The van der Waals surface area contributed by atoms with Crippen LogP contribution in [0, 0.1) is 12.8 Å². The van der Waals surface area contributed by atoms with Crippen molar-refractivity contribution in [3.05, 3.63) is 77.3 Å². The standard InChI is InChI=1S/C22H23ClN4O2/c1-14(2)20(26-21(28)17-7-5-4-6-15(17)3)22(29)25-16-8-9-19(18(23)12-16)27-11-10-24-13-27/h4-14,20H,1-3H3,(H,25,29)(H,26,28). The number of carbonyl (C=O) groups excluding carboxylic acids is 2. The number of anilines is 1. The van der Waals surface area contributed by atoms with E-state index in [1.165, 1.54) is 0 Å². The first kappa shape index (κ1) is 20.6. The van der Waals surface area contributed by atoms with Crippen LogP contribution in [-0.4, -0.2) is 27.4 Å². The fourth-order valence-electron chi connectivity index (χ4n) is 3.00. The molecule has 1 aromatic heterocycles. The molecule has 150 valence electrons. The second-order valence-electron chi connectivity index (χ2n) is 7.14. The number of hydrogen-bond donors (Lipinski definition) is 2. The lowest BCUT2D eigenvalue weighted by Crippen LogP contribution is -2.47. The van der Waals surface area contributed by atoms with Crippen LogP contribution in [0.4, 0.5) is 5.69 Å². The second kappa shape index (κ2) is 8.92. The Labute approximate surface area is 174 Å². The van der Waals surface area contributed by atoms with Crippen molar-refractivity contribution in [2.75, 3.05) is 5.32 Å². The van der Waals surface area contributed by atoms with Crippen molar-refractivity contribution in [3.63, 3.8) is 0 Å². The maximum Gasteiger partial charge on any atom is 0.252 e. The highest BCUT2D eigenvalue weighted by Crippen LogP contribution is 2.24. The van der Waals surface area contributed by atoms with Gasteiger partial charge in [0.25, 0.3) is 5.91 Å². The monoisotopic (exact) mass is 410 g/mol. The van der Waals surface area contributed by atoms with Crippen LogP contribution in [0.1, 0.15) is 29.8 Å². The van der Waals surface area contributed by atoms with E-state index in [-0.39, 0.29) is 17.7 Å². The number of halogens is 1. The molecular weight excluding hydrogens is 388 g/mol. The van der Waals surface area contributed by atoms with Crippen LogP contribution in [0.15, 0.2) is 61.2 Å². The Morgan fingerprint density at radius 3 is 2.52 bits per heavy atom. The number of aromatic nitrogens is 2. The first-order valence-corrected chi connectivity index (χ1v) is 9.70. The maximum atomic E-state index is 12.8. The molecule has 3 aromatic rings. The minimum absolute atomic E-state index is 0.0938. The molecule has 7 heteroatoms. The van der Waals surface area contributed by atoms with Gasteiger partial charge in [0.15, 0.2) is 0 Å². The lowest BCUT2D eigenvalue weighted by molar-refractivity contribution is -0.118. The Bertz CT molecular complexity index is 1020. The molecule has 0 radical (unpaired) electrons. The van der Waals surface area contributed by atoms with Crippen molar-refractivity contribution in [2.24, 2.45) is 5.92 Å². The zero-order valence-electron chi connectivity index (χ0n) is 16.5. The van der Waals surface area contributed by atoms with Crippen molar-refractivity contribution in [2.45, 2.75) is 26.8 Å². The van der Waals surface area contributed by atoms with Gasteiger partial charge in [-0.15, -0.1) is 0 Å². The SMILES string of the molecule is Cc1ccccc1C(=O)NC(C(=O)Nc1ccc(-n2ccnc2)c(Cl)c1)C(C)C. The minimum Gasteiger partial charge on any atom is -0.340 e. The molecule has 0 saturated carbocycles. The van der Waals surface area contributed by atoms with E-state index in [1.807, 2.05) is 32.9 Å². The third kappa shape index (κ3) is 4.84. The Hall–Kier alpha value is -3.12. The van der Waals surface area contributed by atoms with E-state index in [9.17, 15) is 9.59 Å². The summed E-state index contributed by atoms with van der Waals surface area (Å²) in [5, 5.41) is 6.17. The molecule has 0 aliphatic heterocycles. The zero-order valence-corrected chi connectivity index (χ0v) is 17.3. The maximum absolute atomic E-state index is 12.8. The van der Waals surface area contributed by atoms with Crippen LogP contribution < -0.4 is 10.6 Å². The van der Waals surface area contributed by atoms with Crippen molar-refractivity contribution >= 4 is 29.1 Å². The highest BCUT2D eigenvalue weighted by atomic mass is 35.5. The highest BCUT2D eigenvalue weighted by molar-refractivity contribution is 6.32. The van der Waals surface area contributed by atoms with Crippen LogP contribution in [0.5, 0.6) is 0 Å². The number of carbonyl (C=O) groups is 2. The lowest BCUT2D eigenvalue weighted by atomic mass is 10.0. The molecule has 2 aromatic carbocycles. The number of rotatable bonds is 6. The summed E-state index contributed by atoms with van der Waals surface area (Å²) in [6.07, 6.45) is 5.10. The molecule has 0 fully saturated rings. The quantitative estimate of drug-likeness (QED) is 0.638. The second-order valence-corrected chi connectivity index (χ2v) is 7.54. The number of benzene rings is 2. The van der Waals surface area contributed by atoms with Gasteiger partial charge in [-0.05, 0) is 42.7 Å².